The fourth-order valence-corrected chi connectivity index (χ4v) is 3.35. The summed E-state index contributed by atoms with van der Waals surface area (Å²) >= 11 is 0. The first kappa shape index (κ1) is 17.2. The molecule has 126 valence electrons. The predicted molar refractivity (Wildman–Crippen MR) is 81.1 cm³/mol. The molecular weight excluding hydrogens is 287 g/mol. The molecule has 0 aromatic rings. The van der Waals surface area contributed by atoms with E-state index in [9.17, 15) is 14.0 Å². The zero-order chi connectivity index (χ0) is 16.0. The van der Waals surface area contributed by atoms with E-state index in [4.69, 9.17) is 4.74 Å². The number of likely N-dealkylation sites (tertiary alicyclic amines) is 1. The summed E-state index contributed by atoms with van der Waals surface area (Å²) in [4.78, 5) is 25.9. The van der Waals surface area contributed by atoms with Crippen LogP contribution in [0.4, 0.5) is 4.39 Å². The average molecular weight is 314 g/mol. The third kappa shape index (κ3) is 4.41. The number of hydrogen-bond acceptors (Lipinski definition) is 3. The lowest BCUT2D eigenvalue weighted by molar-refractivity contribution is -0.142. The molecule has 0 radical (unpaired) electrons. The molecule has 2 amide bonds. The maximum atomic E-state index is 14.6. The maximum absolute atomic E-state index is 14.6. The minimum absolute atomic E-state index is 0.0855. The molecule has 1 saturated carbocycles. The van der Waals surface area contributed by atoms with Crippen molar-refractivity contribution in [3.63, 3.8) is 0 Å². The van der Waals surface area contributed by atoms with Crippen LogP contribution >= 0.6 is 0 Å². The highest BCUT2D eigenvalue weighted by molar-refractivity contribution is 5.85. The number of nitrogens with zero attached hydrogens (tertiary/aromatic N) is 1. The summed E-state index contributed by atoms with van der Waals surface area (Å²) in [5.74, 6) is 0.0445. The highest BCUT2D eigenvalue weighted by atomic mass is 19.1. The zero-order valence-corrected chi connectivity index (χ0v) is 13.4. The number of rotatable bonds is 6. The molecule has 1 N–H and O–H groups in total. The van der Waals surface area contributed by atoms with Crippen LogP contribution in [-0.4, -0.2) is 55.7 Å². The molecule has 1 heterocycles. The van der Waals surface area contributed by atoms with Gasteiger partial charge in [-0.2, -0.15) is 0 Å². The molecule has 1 aliphatic carbocycles. The van der Waals surface area contributed by atoms with Gasteiger partial charge in [0.15, 0.2) is 5.67 Å². The van der Waals surface area contributed by atoms with E-state index in [1.54, 1.807) is 4.90 Å². The van der Waals surface area contributed by atoms with Crippen molar-refractivity contribution in [3.05, 3.63) is 0 Å². The zero-order valence-electron chi connectivity index (χ0n) is 13.4. The van der Waals surface area contributed by atoms with Crippen LogP contribution in [0.15, 0.2) is 0 Å². The van der Waals surface area contributed by atoms with Gasteiger partial charge >= 0.3 is 0 Å². The molecule has 0 aromatic carbocycles. The Labute approximate surface area is 131 Å². The number of carbonyl (C=O) groups is 2. The molecule has 2 aliphatic rings. The SMILES string of the molecule is COCCNC(=O)C1(F)CCN(C(=O)CC2CCCC2)CC1. The normalized spacial score (nSPS) is 21.8. The van der Waals surface area contributed by atoms with Crippen LogP contribution in [-0.2, 0) is 14.3 Å². The van der Waals surface area contributed by atoms with Crippen molar-refractivity contribution >= 4 is 11.8 Å². The van der Waals surface area contributed by atoms with Crippen molar-refractivity contribution < 1.29 is 18.7 Å². The highest BCUT2D eigenvalue weighted by Gasteiger charge is 2.42. The Morgan fingerprint density at radius 1 is 1.27 bits per heavy atom. The average Bonchev–Trinajstić information content (AvgIpc) is 3.01. The van der Waals surface area contributed by atoms with Crippen LogP contribution in [0.5, 0.6) is 0 Å². The number of halogens is 1. The van der Waals surface area contributed by atoms with Crippen molar-refractivity contribution in [2.24, 2.45) is 5.92 Å². The number of hydrogen-bond donors (Lipinski definition) is 1. The number of methoxy groups -OCH3 is 1. The van der Waals surface area contributed by atoms with Gasteiger partial charge in [0.25, 0.3) is 5.91 Å². The maximum Gasteiger partial charge on any atom is 0.257 e. The summed E-state index contributed by atoms with van der Waals surface area (Å²) in [5, 5.41) is 2.55. The van der Waals surface area contributed by atoms with E-state index >= 15 is 0 Å². The van der Waals surface area contributed by atoms with E-state index < -0.39 is 11.6 Å². The van der Waals surface area contributed by atoms with E-state index in [1.165, 1.54) is 20.0 Å². The lowest BCUT2D eigenvalue weighted by Gasteiger charge is -2.35. The third-order valence-electron chi connectivity index (χ3n) is 4.85. The fraction of sp³-hybridized carbons (Fsp3) is 0.875. The number of carbonyl (C=O) groups excluding carboxylic acids is 2. The Kier molecular flexibility index (Phi) is 6.17. The molecule has 1 aliphatic heterocycles. The first-order valence-electron chi connectivity index (χ1n) is 8.29. The second-order valence-electron chi connectivity index (χ2n) is 6.45. The smallest absolute Gasteiger partial charge is 0.257 e. The molecule has 0 atom stereocenters. The van der Waals surface area contributed by atoms with Crippen LogP contribution < -0.4 is 5.32 Å². The Hall–Kier alpha value is -1.17. The first-order valence-corrected chi connectivity index (χ1v) is 8.29. The molecule has 0 spiro atoms. The van der Waals surface area contributed by atoms with Crippen molar-refractivity contribution in [2.75, 3.05) is 33.4 Å². The molecular formula is C16H27FN2O3. The van der Waals surface area contributed by atoms with Crippen LogP contribution in [0.2, 0.25) is 0 Å². The molecule has 2 rings (SSSR count). The summed E-state index contributed by atoms with van der Waals surface area (Å²) in [6.07, 6.45) is 5.45. The monoisotopic (exact) mass is 314 g/mol. The summed E-state index contributed by atoms with van der Waals surface area (Å²) < 4.78 is 19.5. The van der Waals surface area contributed by atoms with Crippen LogP contribution in [0, 0.1) is 5.92 Å². The quantitative estimate of drug-likeness (QED) is 0.759. The van der Waals surface area contributed by atoms with Crippen LogP contribution in [0.25, 0.3) is 0 Å². The van der Waals surface area contributed by atoms with Gasteiger partial charge in [-0.3, -0.25) is 9.59 Å². The van der Waals surface area contributed by atoms with Gasteiger partial charge in [-0.1, -0.05) is 12.8 Å². The number of ether oxygens (including phenoxy) is 1. The Morgan fingerprint density at radius 2 is 1.91 bits per heavy atom. The van der Waals surface area contributed by atoms with Gasteiger partial charge in [0.05, 0.1) is 6.61 Å². The largest absolute Gasteiger partial charge is 0.383 e. The summed E-state index contributed by atoms with van der Waals surface area (Å²) in [6, 6.07) is 0. The molecule has 1 saturated heterocycles. The summed E-state index contributed by atoms with van der Waals surface area (Å²) in [6.45, 7) is 1.35. The van der Waals surface area contributed by atoms with Gasteiger partial charge in [-0.15, -0.1) is 0 Å². The summed E-state index contributed by atoms with van der Waals surface area (Å²) in [7, 11) is 1.53. The molecule has 5 nitrogen and oxygen atoms in total. The van der Waals surface area contributed by atoms with Crippen molar-refractivity contribution in [2.45, 2.75) is 50.6 Å². The van der Waals surface area contributed by atoms with Crippen LogP contribution in [0.1, 0.15) is 44.9 Å². The van der Waals surface area contributed by atoms with Crippen molar-refractivity contribution in [3.8, 4) is 0 Å². The van der Waals surface area contributed by atoms with Gasteiger partial charge in [0.1, 0.15) is 0 Å². The Bertz CT molecular complexity index is 389. The van der Waals surface area contributed by atoms with E-state index in [-0.39, 0.29) is 18.7 Å². The minimum Gasteiger partial charge on any atom is -0.383 e. The molecule has 6 heteroatoms. The standard InChI is InChI=1S/C16H27FN2O3/c1-22-11-8-18-15(21)16(17)6-9-19(10-7-16)14(20)12-13-4-2-3-5-13/h13H,2-12H2,1H3,(H,18,21). The highest BCUT2D eigenvalue weighted by Crippen LogP contribution is 2.30. The fourth-order valence-electron chi connectivity index (χ4n) is 3.35. The third-order valence-corrected chi connectivity index (χ3v) is 4.85. The topological polar surface area (TPSA) is 58.6 Å². The van der Waals surface area contributed by atoms with Crippen molar-refractivity contribution in [1.29, 1.82) is 0 Å². The number of amides is 2. The number of alkyl halides is 1. The first-order chi connectivity index (χ1) is 10.5. The van der Waals surface area contributed by atoms with Crippen molar-refractivity contribution in [1.82, 2.24) is 10.2 Å². The molecule has 22 heavy (non-hydrogen) atoms. The molecule has 0 unspecified atom stereocenters. The van der Waals surface area contributed by atoms with E-state index in [0.717, 1.165) is 12.8 Å². The van der Waals surface area contributed by atoms with Gasteiger partial charge in [-0.25, -0.2) is 4.39 Å². The number of piperidine rings is 1. The van der Waals surface area contributed by atoms with E-state index in [1.807, 2.05) is 0 Å². The Morgan fingerprint density at radius 3 is 2.50 bits per heavy atom. The minimum atomic E-state index is -1.85. The van der Waals surface area contributed by atoms with Gasteiger partial charge in [0.2, 0.25) is 5.91 Å². The lowest BCUT2D eigenvalue weighted by Crippen LogP contribution is -2.52. The lowest BCUT2D eigenvalue weighted by atomic mass is 9.91. The van der Waals surface area contributed by atoms with Crippen LogP contribution in [0.3, 0.4) is 0 Å². The van der Waals surface area contributed by atoms with Gasteiger partial charge in [0, 0.05) is 46.0 Å². The molecule has 2 fully saturated rings. The summed E-state index contributed by atoms with van der Waals surface area (Å²) in [5.41, 5.74) is -1.85. The predicted octanol–water partition coefficient (Wildman–Crippen LogP) is 1.66. The second kappa shape index (κ2) is 7.90. The van der Waals surface area contributed by atoms with E-state index in [0.29, 0.717) is 38.6 Å². The Balaban J connectivity index is 1.76. The number of nitrogens with one attached hydrogen (secondary N) is 1. The molecule has 0 bridgehead atoms. The van der Waals surface area contributed by atoms with Gasteiger partial charge in [-0.05, 0) is 18.8 Å². The van der Waals surface area contributed by atoms with E-state index in [2.05, 4.69) is 5.32 Å². The second-order valence-corrected chi connectivity index (χ2v) is 6.45. The molecule has 0 aromatic heterocycles. The van der Waals surface area contributed by atoms with Gasteiger partial charge < -0.3 is 15.0 Å².